The second kappa shape index (κ2) is 4.90. The second-order valence-electron chi connectivity index (χ2n) is 6.30. The molecule has 5 rings (SSSR count). The molecule has 5 nitrogen and oxygen atoms in total. The van der Waals surface area contributed by atoms with E-state index in [0.29, 0.717) is 0 Å². The van der Waals surface area contributed by atoms with Gasteiger partial charge in [-0.1, -0.05) is 24.3 Å². The first kappa shape index (κ1) is 13.7. The highest BCUT2D eigenvalue weighted by Crippen LogP contribution is 2.38. The molecule has 0 unspecified atom stereocenters. The average molecular weight is 317 g/mol. The zero-order chi connectivity index (χ0) is 16.3. The van der Waals surface area contributed by atoms with E-state index in [4.69, 9.17) is 10.1 Å². The van der Waals surface area contributed by atoms with Crippen LogP contribution < -0.4 is 0 Å². The Labute approximate surface area is 139 Å². The zero-order valence-corrected chi connectivity index (χ0v) is 14.0. The van der Waals surface area contributed by atoms with Crippen molar-refractivity contribution in [2.45, 2.75) is 39.8 Å². The third kappa shape index (κ3) is 1.67. The number of fused-ring (bicyclic) bond motifs is 4. The van der Waals surface area contributed by atoms with E-state index in [1.807, 2.05) is 10.9 Å². The van der Waals surface area contributed by atoms with Crippen LogP contribution in [0.2, 0.25) is 0 Å². The van der Waals surface area contributed by atoms with Crippen molar-refractivity contribution in [1.29, 1.82) is 0 Å². The summed E-state index contributed by atoms with van der Waals surface area (Å²) in [6, 6.07) is 8.61. The first-order chi connectivity index (χ1) is 11.8. The van der Waals surface area contributed by atoms with Crippen LogP contribution >= 0.6 is 0 Å². The van der Waals surface area contributed by atoms with Gasteiger partial charge in [0.25, 0.3) is 0 Å². The quantitative estimate of drug-likeness (QED) is 0.568. The van der Waals surface area contributed by atoms with Crippen molar-refractivity contribution in [1.82, 2.24) is 24.5 Å². The van der Waals surface area contributed by atoms with Crippen LogP contribution in [0.15, 0.2) is 30.5 Å². The molecule has 0 N–H and O–H groups in total. The lowest BCUT2D eigenvalue weighted by atomic mass is 10.0. The van der Waals surface area contributed by atoms with Crippen molar-refractivity contribution in [3.8, 4) is 11.3 Å². The minimum absolute atomic E-state index is 0.828. The van der Waals surface area contributed by atoms with Crippen LogP contribution in [0.3, 0.4) is 0 Å². The Morgan fingerprint density at radius 1 is 1.04 bits per heavy atom. The Morgan fingerprint density at radius 2 is 1.88 bits per heavy atom. The van der Waals surface area contributed by atoms with Gasteiger partial charge in [0.1, 0.15) is 5.69 Å². The van der Waals surface area contributed by atoms with E-state index in [1.165, 1.54) is 22.0 Å². The summed E-state index contributed by atoms with van der Waals surface area (Å²) in [5.41, 5.74) is 7.00. The minimum Gasteiger partial charge on any atom is -0.264 e. The topological polar surface area (TPSA) is 48.5 Å². The molecule has 0 atom stereocenters. The lowest BCUT2D eigenvalue weighted by Crippen LogP contribution is -2.02. The molecule has 3 heterocycles. The summed E-state index contributed by atoms with van der Waals surface area (Å²) < 4.78 is 4.10. The maximum absolute atomic E-state index is 5.00. The molecule has 0 amide bonds. The summed E-state index contributed by atoms with van der Waals surface area (Å²) >= 11 is 0. The van der Waals surface area contributed by atoms with Gasteiger partial charge in [0, 0.05) is 18.7 Å². The van der Waals surface area contributed by atoms with E-state index in [2.05, 4.69) is 47.9 Å². The molecular formula is C19H19N5. The molecule has 0 fully saturated rings. The average Bonchev–Trinajstić information content (AvgIpc) is 3.16. The van der Waals surface area contributed by atoms with E-state index in [0.717, 1.165) is 48.4 Å². The molecule has 24 heavy (non-hydrogen) atoms. The van der Waals surface area contributed by atoms with E-state index in [-0.39, 0.29) is 0 Å². The van der Waals surface area contributed by atoms with Crippen molar-refractivity contribution < 1.29 is 0 Å². The Balaban J connectivity index is 1.98. The largest absolute Gasteiger partial charge is 0.264 e. The van der Waals surface area contributed by atoms with Crippen molar-refractivity contribution in [3.05, 3.63) is 41.7 Å². The fourth-order valence-corrected chi connectivity index (χ4v) is 3.91. The van der Waals surface area contributed by atoms with Gasteiger partial charge in [0.2, 0.25) is 0 Å². The number of nitrogens with zero attached hydrogens (tertiary/aromatic N) is 5. The van der Waals surface area contributed by atoms with Gasteiger partial charge < -0.3 is 0 Å². The number of pyridine rings is 1. The SMILES string of the molecule is CCn1ncc2c1nc1c3c(nn(CC)c32)-c2ccccc2CC1. The molecule has 0 saturated heterocycles. The number of hydrogen-bond donors (Lipinski definition) is 0. The van der Waals surface area contributed by atoms with E-state index >= 15 is 0 Å². The normalized spacial score (nSPS) is 13.4. The number of benzene rings is 1. The molecule has 1 aromatic carbocycles. The van der Waals surface area contributed by atoms with Crippen LogP contribution in [-0.2, 0) is 25.9 Å². The van der Waals surface area contributed by atoms with Gasteiger partial charge in [-0.25, -0.2) is 9.67 Å². The van der Waals surface area contributed by atoms with E-state index in [1.54, 1.807) is 0 Å². The third-order valence-corrected chi connectivity index (χ3v) is 5.05. The molecule has 1 aliphatic rings. The Kier molecular flexibility index (Phi) is 2.80. The van der Waals surface area contributed by atoms with Crippen LogP contribution in [0.5, 0.6) is 0 Å². The van der Waals surface area contributed by atoms with Crippen molar-refractivity contribution in [2.75, 3.05) is 0 Å². The van der Waals surface area contributed by atoms with Crippen LogP contribution in [-0.4, -0.2) is 24.5 Å². The summed E-state index contributed by atoms with van der Waals surface area (Å²) in [5, 5.41) is 11.8. The van der Waals surface area contributed by atoms with Gasteiger partial charge in [0.05, 0.1) is 28.2 Å². The molecule has 0 saturated carbocycles. The predicted octanol–water partition coefficient (Wildman–Crippen LogP) is 3.59. The van der Waals surface area contributed by atoms with Crippen LogP contribution in [0.25, 0.3) is 33.2 Å². The Morgan fingerprint density at radius 3 is 2.71 bits per heavy atom. The number of aromatic nitrogens is 5. The summed E-state index contributed by atoms with van der Waals surface area (Å²) in [6.45, 7) is 5.92. The molecule has 120 valence electrons. The molecule has 3 aromatic heterocycles. The second-order valence-corrected chi connectivity index (χ2v) is 6.30. The molecule has 0 bridgehead atoms. The molecule has 0 radical (unpaired) electrons. The maximum atomic E-state index is 5.00. The molecule has 4 aromatic rings. The molecule has 0 spiro atoms. The van der Waals surface area contributed by atoms with Crippen LogP contribution in [0.4, 0.5) is 0 Å². The van der Waals surface area contributed by atoms with Crippen molar-refractivity contribution in [2.24, 2.45) is 0 Å². The standard InChI is InChI=1S/C19H19N5/c1-3-23-18-14-11-20-24(4-2)19(14)21-15-10-9-12-7-5-6-8-13(12)17(22-23)16(15)18/h5-8,11H,3-4,9-10H2,1-2H3. The molecular weight excluding hydrogens is 298 g/mol. The zero-order valence-electron chi connectivity index (χ0n) is 14.0. The Bertz CT molecular complexity index is 1090. The monoisotopic (exact) mass is 317 g/mol. The van der Waals surface area contributed by atoms with E-state index in [9.17, 15) is 0 Å². The maximum Gasteiger partial charge on any atom is 0.160 e. The molecule has 1 aliphatic carbocycles. The summed E-state index contributed by atoms with van der Waals surface area (Å²) in [6.07, 6.45) is 3.90. The van der Waals surface area contributed by atoms with E-state index < -0.39 is 0 Å². The smallest absolute Gasteiger partial charge is 0.160 e. The van der Waals surface area contributed by atoms with Gasteiger partial charge in [-0.3, -0.25) is 4.68 Å². The van der Waals surface area contributed by atoms with Gasteiger partial charge in [-0.2, -0.15) is 10.2 Å². The Hall–Kier alpha value is -2.69. The first-order valence-electron chi connectivity index (χ1n) is 8.65. The number of hydrogen-bond acceptors (Lipinski definition) is 3. The van der Waals surface area contributed by atoms with Crippen LogP contribution in [0, 0.1) is 0 Å². The van der Waals surface area contributed by atoms with Gasteiger partial charge in [0.15, 0.2) is 5.65 Å². The summed E-state index contributed by atoms with van der Waals surface area (Å²) in [4.78, 5) is 5.00. The highest BCUT2D eigenvalue weighted by molar-refractivity contribution is 6.09. The highest BCUT2D eigenvalue weighted by Gasteiger charge is 2.25. The lowest BCUT2D eigenvalue weighted by Gasteiger charge is -2.06. The summed E-state index contributed by atoms with van der Waals surface area (Å²) in [5.74, 6) is 0. The number of rotatable bonds is 2. The third-order valence-electron chi connectivity index (χ3n) is 5.05. The molecule has 5 heteroatoms. The van der Waals surface area contributed by atoms with Crippen molar-refractivity contribution in [3.63, 3.8) is 0 Å². The molecule has 0 aliphatic heterocycles. The first-order valence-corrected chi connectivity index (χ1v) is 8.65. The summed E-state index contributed by atoms with van der Waals surface area (Å²) in [7, 11) is 0. The number of aryl methyl sites for hydroxylation is 4. The minimum atomic E-state index is 0.828. The highest BCUT2D eigenvalue weighted by atomic mass is 15.3. The lowest BCUT2D eigenvalue weighted by molar-refractivity contribution is 0.675. The predicted molar refractivity (Wildman–Crippen MR) is 95.0 cm³/mol. The fraction of sp³-hybridized carbons (Fsp3) is 0.316. The van der Waals surface area contributed by atoms with Crippen molar-refractivity contribution >= 4 is 21.9 Å². The fourth-order valence-electron chi connectivity index (χ4n) is 3.91. The van der Waals surface area contributed by atoms with Gasteiger partial charge in [-0.15, -0.1) is 0 Å². The van der Waals surface area contributed by atoms with Gasteiger partial charge in [-0.05, 0) is 32.3 Å². The van der Waals surface area contributed by atoms with Gasteiger partial charge >= 0.3 is 0 Å². The van der Waals surface area contributed by atoms with Crippen LogP contribution in [0.1, 0.15) is 25.1 Å².